The van der Waals surface area contributed by atoms with Gasteiger partial charge in [-0.3, -0.25) is 0 Å². The predicted octanol–water partition coefficient (Wildman–Crippen LogP) is 0.957. The number of nitrogens with one attached hydrogen (secondary N) is 1. The minimum atomic E-state index is -3.61. The maximum Gasteiger partial charge on any atom is 0.238 e. The minimum absolute atomic E-state index is 0.142. The van der Waals surface area contributed by atoms with E-state index in [9.17, 15) is 8.42 Å². The standard InChI is InChI=1S/C11H16N2O2S/c1-13-8-3-2-5-10-6-4-7-11(9-10)16(12,14)15/h2,4-7,9,13H,3,8H2,1H3,(H2,12,14,15). The van der Waals surface area contributed by atoms with Gasteiger partial charge in [-0.2, -0.15) is 0 Å². The molecule has 0 aliphatic carbocycles. The van der Waals surface area contributed by atoms with Crippen molar-refractivity contribution in [3.05, 3.63) is 35.9 Å². The van der Waals surface area contributed by atoms with Crippen LogP contribution in [0.3, 0.4) is 0 Å². The first kappa shape index (κ1) is 12.9. The van der Waals surface area contributed by atoms with Crippen molar-refractivity contribution in [1.29, 1.82) is 0 Å². The van der Waals surface area contributed by atoms with Gasteiger partial charge in [-0.05, 0) is 37.7 Å². The molecule has 1 aromatic rings. The maximum absolute atomic E-state index is 11.1. The number of primary sulfonamides is 1. The largest absolute Gasteiger partial charge is 0.319 e. The van der Waals surface area contributed by atoms with Crippen molar-refractivity contribution in [3.8, 4) is 0 Å². The number of sulfonamides is 1. The minimum Gasteiger partial charge on any atom is -0.319 e. The van der Waals surface area contributed by atoms with Gasteiger partial charge in [0.15, 0.2) is 0 Å². The topological polar surface area (TPSA) is 72.2 Å². The third kappa shape index (κ3) is 4.14. The summed E-state index contributed by atoms with van der Waals surface area (Å²) in [5.41, 5.74) is 0.836. The molecule has 0 radical (unpaired) electrons. The Bertz CT molecular complexity index is 467. The molecule has 0 atom stereocenters. The molecule has 88 valence electrons. The zero-order valence-electron chi connectivity index (χ0n) is 9.18. The Labute approximate surface area is 96.2 Å². The molecule has 1 aromatic carbocycles. The fourth-order valence-corrected chi connectivity index (χ4v) is 1.81. The average molecular weight is 240 g/mol. The average Bonchev–Trinajstić information content (AvgIpc) is 2.24. The van der Waals surface area contributed by atoms with Gasteiger partial charge in [-0.1, -0.05) is 24.3 Å². The summed E-state index contributed by atoms with van der Waals surface area (Å²) in [4.78, 5) is 0.142. The number of hydrogen-bond donors (Lipinski definition) is 2. The molecule has 4 nitrogen and oxygen atoms in total. The molecular formula is C11H16N2O2S. The highest BCUT2D eigenvalue weighted by Crippen LogP contribution is 2.11. The van der Waals surface area contributed by atoms with Crippen LogP contribution in [-0.2, 0) is 10.0 Å². The van der Waals surface area contributed by atoms with Crippen LogP contribution in [0.5, 0.6) is 0 Å². The SMILES string of the molecule is CNCCC=Cc1cccc(S(N)(=O)=O)c1. The van der Waals surface area contributed by atoms with Crippen molar-refractivity contribution in [2.45, 2.75) is 11.3 Å². The van der Waals surface area contributed by atoms with Gasteiger partial charge in [0, 0.05) is 0 Å². The Morgan fingerprint density at radius 2 is 2.19 bits per heavy atom. The molecule has 16 heavy (non-hydrogen) atoms. The van der Waals surface area contributed by atoms with Gasteiger partial charge in [0.2, 0.25) is 10.0 Å². The second-order valence-electron chi connectivity index (χ2n) is 3.41. The second-order valence-corrected chi connectivity index (χ2v) is 4.97. The summed E-state index contributed by atoms with van der Waals surface area (Å²) < 4.78 is 22.2. The van der Waals surface area contributed by atoms with Crippen LogP contribution in [0.4, 0.5) is 0 Å². The van der Waals surface area contributed by atoms with Crippen LogP contribution in [-0.4, -0.2) is 22.0 Å². The molecule has 0 fully saturated rings. The molecular weight excluding hydrogens is 224 g/mol. The lowest BCUT2D eigenvalue weighted by Gasteiger charge is -1.99. The van der Waals surface area contributed by atoms with E-state index in [1.165, 1.54) is 6.07 Å². The van der Waals surface area contributed by atoms with Crippen LogP contribution in [0.1, 0.15) is 12.0 Å². The van der Waals surface area contributed by atoms with E-state index in [2.05, 4.69) is 5.32 Å². The van der Waals surface area contributed by atoms with Gasteiger partial charge in [0.25, 0.3) is 0 Å². The van der Waals surface area contributed by atoms with E-state index >= 15 is 0 Å². The van der Waals surface area contributed by atoms with E-state index in [-0.39, 0.29) is 4.90 Å². The monoisotopic (exact) mass is 240 g/mol. The number of rotatable bonds is 5. The van der Waals surface area contributed by atoms with E-state index in [0.717, 1.165) is 18.5 Å². The van der Waals surface area contributed by atoms with Gasteiger partial charge in [-0.25, -0.2) is 13.6 Å². The van der Waals surface area contributed by atoms with E-state index in [1.54, 1.807) is 12.1 Å². The Kier molecular flexibility index (Phi) is 4.67. The van der Waals surface area contributed by atoms with Crippen molar-refractivity contribution in [3.63, 3.8) is 0 Å². The van der Waals surface area contributed by atoms with E-state index in [1.807, 2.05) is 25.3 Å². The van der Waals surface area contributed by atoms with Crippen LogP contribution in [0, 0.1) is 0 Å². The van der Waals surface area contributed by atoms with E-state index in [4.69, 9.17) is 5.14 Å². The van der Waals surface area contributed by atoms with Crippen LogP contribution in [0.15, 0.2) is 35.2 Å². The predicted molar refractivity (Wildman–Crippen MR) is 65.4 cm³/mol. The fourth-order valence-electron chi connectivity index (χ4n) is 1.24. The molecule has 1 rings (SSSR count). The number of nitrogens with two attached hydrogens (primary N) is 1. The molecule has 5 heteroatoms. The Morgan fingerprint density at radius 3 is 2.81 bits per heavy atom. The second kappa shape index (κ2) is 5.79. The molecule has 0 aromatic heterocycles. The van der Waals surface area contributed by atoms with Gasteiger partial charge in [0.05, 0.1) is 4.90 Å². The lowest BCUT2D eigenvalue weighted by atomic mass is 10.2. The lowest BCUT2D eigenvalue weighted by Crippen LogP contribution is -2.11. The molecule has 0 aliphatic heterocycles. The van der Waals surface area contributed by atoms with E-state index in [0.29, 0.717) is 0 Å². The van der Waals surface area contributed by atoms with Crippen LogP contribution >= 0.6 is 0 Å². The summed E-state index contributed by atoms with van der Waals surface area (Å²) in [7, 11) is -1.72. The van der Waals surface area contributed by atoms with Crippen molar-refractivity contribution < 1.29 is 8.42 Å². The molecule has 0 saturated heterocycles. The molecule has 0 bridgehead atoms. The quantitative estimate of drug-likeness (QED) is 0.753. The van der Waals surface area contributed by atoms with Crippen LogP contribution in [0.2, 0.25) is 0 Å². The van der Waals surface area contributed by atoms with Gasteiger partial charge >= 0.3 is 0 Å². The molecule has 0 aliphatic rings. The third-order valence-corrected chi connectivity index (χ3v) is 2.97. The zero-order chi connectivity index (χ0) is 12.0. The third-order valence-electron chi connectivity index (χ3n) is 2.06. The Hall–Kier alpha value is -1.17. The van der Waals surface area contributed by atoms with Gasteiger partial charge in [0.1, 0.15) is 0 Å². The zero-order valence-corrected chi connectivity index (χ0v) is 10.00. The lowest BCUT2D eigenvalue weighted by molar-refractivity contribution is 0.598. The maximum atomic E-state index is 11.1. The first-order valence-corrected chi connectivity index (χ1v) is 6.52. The molecule has 0 unspecified atom stereocenters. The summed E-state index contributed by atoms with van der Waals surface area (Å²) in [6.07, 6.45) is 4.76. The summed E-state index contributed by atoms with van der Waals surface area (Å²) in [6, 6.07) is 6.56. The molecule has 0 spiro atoms. The first-order chi connectivity index (χ1) is 7.54. The Morgan fingerprint density at radius 1 is 1.44 bits per heavy atom. The number of hydrogen-bond acceptors (Lipinski definition) is 3. The van der Waals surface area contributed by atoms with E-state index < -0.39 is 10.0 Å². The summed E-state index contributed by atoms with van der Waals surface area (Å²) in [5, 5.41) is 8.06. The smallest absolute Gasteiger partial charge is 0.238 e. The van der Waals surface area contributed by atoms with Crippen LogP contribution in [0.25, 0.3) is 6.08 Å². The first-order valence-electron chi connectivity index (χ1n) is 4.98. The highest BCUT2D eigenvalue weighted by atomic mass is 32.2. The molecule has 0 amide bonds. The summed E-state index contributed by atoms with van der Waals surface area (Å²) >= 11 is 0. The van der Waals surface area contributed by atoms with Crippen LogP contribution < -0.4 is 10.5 Å². The van der Waals surface area contributed by atoms with Gasteiger partial charge in [-0.15, -0.1) is 0 Å². The van der Waals surface area contributed by atoms with Crippen molar-refractivity contribution in [2.75, 3.05) is 13.6 Å². The molecule has 0 heterocycles. The fraction of sp³-hybridized carbons (Fsp3) is 0.273. The number of benzene rings is 1. The van der Waals surface area contributed by atoms with Gasteiger partial charge < -0.3 is 5.32 Å². The molecule has 3 N–H and O–H groups in total. The van der Waals surface area contributed by atoms with Crippen molar-refractivity contribution >= 4 is 16.1 Å². The highest BCUT2D eigenvalue weighted by Gasteiger charge is 2.06. The summed E-state index contributed by atoms with van der Waals surface area (Å²) in [6.45, 7) is 0.894. The summed E-state index contributed by atoms with van der Waals surface area (Å²) in [5.74, 6) is 0. The highest BCUT2D eigenvalue weighted by molar-refractivity contribution is 7.89. The normalized spacial score (nSPS) is 12.1. The van der Waals surface area contributed by atoms with Crippen molar-refractivity contribution in [2.24, 2.45) is 5.14 Å². The molecule has 0 saturated carbocycles. The Balaban J connectivity index is 2.79. The van der Waals surface area contributed by atoms with Crippen molar-refractivity contribution in [1.82, 2.24) is 5.32 Å².